The van der Waals surface area contributed by atoms with Crippen molar-refractivity contribution in [2.24, 2.45) is 0 Å². The highest BCUT2D eigenvalue weighted by Gasteiger charge is 2.64. The van der Waals surface area contributed by atoms with Gasteiger partial charge in [0.25, 0.3) is 0 Å². The number of benzene rings is 1. The van der Waals surface area contributed by atoms with Gasteiger partial charge in [0.1, 0.15) is 11.5 Å². The second kappa shape index (κ2) is 7.02. The smallest absolute Gasteiger partial charge is 0.372 e. The van der Waals surface area contributed by atoms with E-state index in [0.29, 0.717) is 11.3 Å². The molecule has 0 radical (unpaired) electrons. The van der Waals surface area contributed by atoms with Crippen LogP contribution in [0.4, 0.5) is 0 Å². The number of ether oxygens (including phenoxy) is 1. The van der Waals surface area contributed by atoms with Crippen LogP contribution in [0.2, 0.25) is 0 Å². The summed E-state index contributed by atoms with van der Waals surface area (Å²) in [4.78, 5) is 14.3. The Kier molecular flexibility index (Phi) is 5.20. The second-order valence-corrected chi connectivity index (χ2v) is 11.1. The van der Waals surface area contributed by atoms with E-state index in [9.17, 15) is 24.2 Å². The van der Waals surface area contributed by atoms with Crippen LogP contribution in [0.5, 0.6) is 11.5 Å². The monoisotopic (exact) mass is 415 g/mol. The summed E-state index contributed by atoms with van der Waals surface area (Å²) in [6.45, 7) is 1.05. The Morgan fingerprint density at radius 1 is 1.30 bits per heavy atom. The fourth-order valence-corrected chi connectivity index (χ4v) is 7.03. The van der Waals surface area contributed by atoms with Crippen molar-refractivity contribution in [2.75, 3.05) is 13.8 Å². The van der Waals surface area contributed by atoms with Crippen molar-refractivity contribution >= 4 is 15.0 Å². The number of aliphatic hydroxyl groups is 1. The summed E-state index contributed by atoms with van der Waals surface area (Å²) in [5.74, 6) is 0.0170. The highest BCUT2D eigenvalue weighted by molar-refractivity contribution is 7.75. The van der Waals surface area contributed by atoms with Gasteiger partial charge in [-0.1, -0.05) is 6.07 Å². The molecule has 4 atom stereocenters. The third-order valence-electron chi connectivity index (χ3n) is 4.29. The van der Waals surface area contributed by atoms with E-state index in [4.69, 9.17) is 13.8 Å². The van der Waals surface area contributed by atoms with Gasteiger partial charge in [0.2, 0.25) is 18.7 Å². The number of phenols is 1. The summed E-state index contributed by atoms with van der Waals surface area (Å²) in [5, 5.41) is 18.3. The average molecular weight is 415 g/mol. The largest absolute Gasteiger partial charge is 0.507 e. The number of nitrogens with zero attached hydrogens (tertiary/aromatic N) is 1. The number of aromatic nitrogens is 1. The third kappa shape index (κ3) is 3.55. The Hall–Kier alpha value is -1.73. The molecular formula is C16H19NO8P2. The second-order valence-electron chi connectivity index (χ2n) is 6.15. The van der Waals surface area contributed by atoms with Crippen molar-refractivity contribution in [1.82, 2.24) is 4.98 Å². The predicted molar refractivity (Wildman–Crippen MR) is 95.8 cm³/mol. The van der Waals surface area contributed by atoms with E-state index in [1.807, 2.05) is 0 Å². The molecule has 1 aliphatic heterocycles. The number of hydrogen-bond donors (Lipinski definition) is 3. The molecule has 0 amide bonds. The van der Waals surface area contributed by atoms with Crippen molar-refractivity contribution in [3.05, 3.63) is 53.9 Å². The zero-order chi connectivity index (χ0) is 19.9. The number of aromatic hydroxyl groups is 1. The maximum atomic E-state index is 13.1. The van der Waals surface area contributed by atoms with Crippen LogP contribution in [-0.4, -0.2) is 38.9 Å². The molecule has 1 fully saturated rings. The lowest BCUT2D eigenvalue weighted by Crippen LogP contribution is -2.37. The standard InChI is InChI=1S/C16H19NO8P2/c1-23-12-5-6-14(18)13(8-12)15-24-26(2,20)16(19,27(21,22)25-15)9-11-4-3-7-17-10-11/h3-8,10,15,18-19H,9H2,1-2H3,(H,21,22). The van der Waals surface area contributed by atoms with E-state index in [2.05, 4.69) is 4.98 Å². The van der Waals surface area contributed by atoms with Gasteiger partial charge in [0, 0.05) is 25.5 Å². The molecule has 4 unspecified atom stereocenters. The minimum absolute atomic E-state index is 0.0471. The van der Waals surface area contributed by atoms with Gasteiger partial charge in [-0.3, -0.25) is 23.2 Å². The Balaban J connectivity index is 2.00. The Morgan fingerprint density at radius 2 is 2.04 bits per heavy atom. The summed E-state index contributed by atoms with van der Waals surface area (Å²) >= 11 is 0. The Bertz CT molecular complexity index is 909. The van der Waals surface area contributed by atoms with Crippen molar-refractivity contribution < 1.29 is 38.0 Å². The first-order valence-corrected chi connectivity index (χ1v) is 11.5. The minimum atomic E-state index is -4.87. The molecule has 1 aromatic heterocycles. The van der Waals surface area contributed by atoms with Gasteiger partial charge in [-0.05, 0) is 29.8 Å². The molecule has 2 aromatic rings. The zero-order valence-electron chi connectivity index (χ0n) is 14.6. The van der Waals surface area contributed by atoms with Crippen LogP contribution in [0.3, 0.4) is 0 Å². The molecular weight excluding hydrogens is 396 g/mol. The molecule has 3 rings (SSSR count). The summed E-state index contributed by atoms with van der Waals surface area (Å²) in [5.41, 5.74) is 0.334. The van der Waals surface area contributed by atoms with Gasteiger partial charge in [0.15, 0.2) is 0 Å². The summed E-state index contributed by atoms with van der Waals surface area (Å²) in [6.07, 6.45) is 0.783. The summed E-state index contributed by atoms with van der Waals surface area (Å²) in [7, 11) is -7.60. The van der Waals surface area contributed by atoms with Crippen LogP contribution in [-0.2, 0) is 24.6 Å². The maximum Gasteiger partial charge on any atom is 0.372 e. The molecule has 0 saturated carbocycles. The number of phenolic OH excluding ortho intramolecular Hbond substituents is 1. The quantitative estimate of drug-likeness (QED) is 0.644. The van der Waals surface area contributed by atoms with Crippen LogP contribution >= 0.6 is 15.0 Å². The van der Waals surface area contributed by atoms with E-state index in [0.717, 1.165) is 6.66 Å². The minimum Gasteiger partial charge on any atom is -0.507 e. The summed E-state index contributed by atoms with van der Waals surface area (Å²) < 4.78 is 41.5. The van der Waals surface area contributed by atoms with Gasteiger partial charge >= 0.3 is 7.60 Å². The Labute approximate surface area is 155 Å². The van der Waals surface area contributed by atoms with Crippen molar-refractivity contribution in [3.8, 4) is 11.5 Å². The van der Waals surface area contributed by atoms with E-state index in [1.165, 1.54) is 37.7 Å². The van der Waals surface area contributed by atoms with Crippen molar-refractivity contribution in [1.29, 1.82) is 0 Å². The molecule has 1 aromatic carbocycles. The fraction of sp³-hybridized carbons (Fsp3) is 0.312. The van der Waals surface area contributed by atoms with Gasteiger partial charge in [-0.25, -0.2) is 0 Å². The zero-order valence-corrected chi connectivity index (χ0v) is 16.3. The van der Waals surface area contributed by atoms with Gasteiger partial charge in [-0.2, -0.15) is 0 Å². The average Bonchev–Trinajstić information content (AvgIpc) is 2.60. The van der Waals surface area contributed by atoms with Crippen LogP contribution < -0.4 is 4.74 Å². The number of hydrogen-bond acceptors (Lipinski definition) is 8. The number of rotatable bonds is 4. The molecule has 146 valence electrons. The maximum absolute atomic E-state index is 13.1. The van der Waals surface area contributed by atoms with E-state index in [1.54, 1.807) is 12.1 Å². The topological polar surface area (TPSA) is 135 Å². The third-order valence-corrected chi connectivity index (χ3v) is 9.73. The van der Waals surface area contributed by atoms with Crippen LogP contribution in [0, 0.1) is 0 Å². The molecule has 27 heavy (non-hydrogen) atoms. The lowest BCUT2D eigenvalue weighted by Gasteiger charge is -2.43. The molecule has 0 bridgehead atoms. The van der Waals surface area contributed by atoms with E-state index < -0.39 is 32.8 Å². The SMILES string of the molecule is COc1ccc(O)c(C2OP(C)(=O)C(O)(Cc3cccnc3)P(=O)(O)O2)c1. The van der Waals surface area contributed by atoms with Gasteiger partial charge < -0.3 is 19.8 Å². The molecule has 9 nitrogen and oxygen atoms in total. The van der Waals surface area contributed by atoms with Crippen LogP contribution in [0.25, 0.3) is 0 Å². The molecule has 1 aliphatic rings. The molecule has 11 heteroatoms. The molecule has 3 N–H and O–H groups in total. The van der Waals surface area contributed by atoms with Crippen LogP contribution in [0.1, 0.15) is 17.4 Å². The fourth-order valence-electron chi connectivity index (χ4n) is 2.71. The normalized spacial score (nSPS) is 33.6. The van der Waals surface area contributed by atoms with Gasteiger partial charge in [0.05, 0.1) is 12.7 Å². The predicted octanol–water partition coefficient (Wildman–Crippen LogP) is 2.82. The number of methoxy groups -OCH3 is 1. The van der Waals surface area contributed by atoms with E-state index >= 15 is 0 Å². The first-order chi connectivity index (χ1) is 12.6. The Morgan fingerprint density at radius 3 is 2.63 bits per heavy atom. The van der Waals surface area contributed by atoms with Gasteiger partial charge in [-0.15, -0.1) is 0 Å². The molecule has 0 spiro atoms. The summed E-state index contributed by atoms with van der Waals surface area (Å²) in [6, 6.07) is 7.20. The van der Waals surface area contributed by atoms with Crippen molar-refractivity contribution in [3.63, 3.8) is 0 Å². The van der Waals surface area contributed by atoms with Crippen molar-refractivity contribution in [2.45, 2.75) is 17.8 Å². The van der Waals surface area contributed by atoms with Crippen LogP contribution in [0.15, 0.2) is 42.7 Å². The highest BCUT2D eigenvalue weighted by Crippen LogP contribution is 2.79. The lowest BCUT2D eigenvalue weighted by atomic mass is 10.2. The molecule has 1 saturated heterocycles. The first kappa shape index (κ1) is 20.0. The number of pyridine rings is 1. The molecule has 2 heterocycles. The molecule has 0 aliphatic carbocycles. The lowest BCUT2D eigenvalue weighted by molar-refractivity contribution is -0.0451. The van der Waals surface area contributed by atoms with E-state index in [-0.39, 0.29) is 11.3 Å². The highest BCUT2D eigenvalue weighted by atomic mass is 31.2. The first-order valence-electron chi connectivity index (χ1n) is 7.85.